The van der Waals surface area contributed by atoms with E-state index in [-0.39, 0.29) is 16.3 Å². The number of rotatable bonds is 6. The van der Waals surface area contributed by atoms with Crippen LogP contribution in [0.1, 0.15) is 44.5 Å². The molecule has 9 nitrogen and oxygen atoms in total. The number of hydrogen-bond donors (Lipinski definition) is 1. The Morgan fingerprint density at radius 2 is 2.06 bits per heavy atom. The number of nitrogens with one attached hydrogen (secondary N) is 1. The van der Waals surface area contributed by atoms with E-state index < -0.39 is 29.4 Å². The lowest BCUT2D eigenvalue weighted by molar-refractivity contribution is -0.384. The Hall–Kier alpha value is -2.98. The molecule has 31 heavy (non-hydrogen) atoms. The Morgan fingerprint density at radius 1 is 1.32 bits per heavy atom. The monoisotopic (exact) mass is 466 g/mol. The van der Waals surface area contributed by atoms with Crippen LogP contribution in [0.4, 0.5) is 10.7 Å². The number of halogens is 1. The molecule has 1 aliphatic rings. The maximum atomic E-state index is 12.4. The first-order chi connectivity index (χ1) is 14.7. The van der Waals surface area contributed by atoms with Crippen molar-refractivity contribution in [2.75, 3.05) is 19.0 Å². The number of benzene rings is 1. The molecule has 0 fully saturated rings. The average Bonchev–Trinajstić information content (AvgIpc) is 3.08. The van der Waals surface area contributed by atoms with Crippen LogP contribution in [0.25, 0.3) is 0 Å². The minimum atomic E-state index is -0.976. The van der Waals surface area contributed by atoms with E-state index in [1.54, 1.807) is 0 Å². The number of non-ortho nitro benzene ring substituents is 1. The van der Waals surface area contributed by atoms with Gasteiger partial charge in [-0.3, -0.25) is 14.9 Å². The number of fused-ring (bicyclic) bond motifs is 1. The van der Waals surface area contributed by atoms with Crippen molar-refractivity contribution in [1.82, 2.24) is 0 Å². The molecule has 1 unspecified atom stereocenters. The maximum absolute atomic E-state index is 12.4. The van der Waals surface area contributed by atoms with Gasteiger partial charge >= 0.3 is 11.9 Å². The smallest absolute Gasteiger partial charge is 0.341 e. The van der Waals surface area contributed by atoms with E-state index in [0.29, 0.717) is 22.9 Å². The molecule has 0 saturated heterocycles. The second kappa shape index (κ2) is 9.44. The van der Waals surface area contributed by atoms with E-state index in [0.717, 1.165) is 35.4 Å². The summed E-state index contributed by atoms with van der Waals surface area (Å²) in [6, 6.07) is 3.34. The topological polar surface area (TPSA) is 125 Å². The molecular weight excluding hydrogens is 448 g/mol. The molecule has 1 aliphatic carbocycles. The predicted octanol–water partition coefficient (Wildman–Crippen LogP) is 4.02. The second-order valence-electron chi connectivity index (χ2n) is 7.09. The quantitative estimate of drug-likeness (QED) is 0.387. The highest BCUT2D eigenvalue weighted by atomic mass is 35.5. The number of nitro benzene ring substituents is 1. The summed E-state index contributed by atoms with van der Waals surface area (Å²) in [4.78, 5) is 48.1. The SMILES string of the molecule is COC(=O)c1c(NC(=O)COC(=O)c2cc([N+](=O)[O-])ccc2Cl)sc2c1CCC(C)C2. The molecule has 1 atom stereocenters. The molecule has 0 bridgehead atoms. The van der Waals surface area contributed by atoms with Gasteiger partial charge < -0.3 is 14.8 Å². The van der Waals surface area contributed by atoms with Crippen LogP contribution in [0.15, 0.2) is 18.2 Å². The van der Waals surface area contributed by atoms with Gasteiger partial charge in [0.25, 0.3) is 11.6 Å². The Balaban J connectivity index is 1.72. The molecule has 1 heterocycles. The molecule has 3 rings (SSSR count). The van der Waals surface area contributed by atoms with Gasteiger partial charge in [0.05, 0.1) is 28.2 Å². The van der Waals surface area contributed by atoms with E-state index in [1.165, 1.54) is 24.5 Å². The fraction of sp³-hybridized carbons (Fsp3) is 0.350. The third kappa shape index (κ3) is 5.02. The molecule has 1 aromatic carbocycles. The van der Waals surface area contributed by atoms with Gasteiger partial charge in [-0.25, -0.2) is 9.59 Å². The number of nitrogens with zero attached hydrogens (tertiary/aromatic N) is 1. The van der Waals surface area contributed by atoms with Crippen LogP contribution in [0.2, 0.25) is 5.02 Å². The lowest BCUT2D eigenvalue weighted by Gasteiger charge is -2.18. The Kier molecular flexibility index (Phi) is 6.91. The van der Waals surface area contributed by atoms with Crippen LogP contribution in [-0.4, -0.2) is 36.5 Å². The molecule has 0 saturated carbocycles. The van der Waals surface area contributed by atoms with Crippen molar-refractivity contribution in [3.8, 4) is 0 Å². The van der Waals surface area contributed by atoms with E-state index in [9.17, 15) is 24.5 Å². The van der Waals surface area contributed by atoms with Gasteiger partial charge in [0.2, 0.25) is 0 Å². The van der Waals surface area contributed by atoms with Crippen molar-refractivity contribution in [2.45, 2.75) is 26.2 Å². The molecule has 11 heteroatoms. The van der Waals surface area contributed by atoms with Crippen LogP contribution in [0.5, 0.6) is 0 Å². The fourth-order valence-corrected chi connectivity index (χ4v) is 4.92. The largest absolute Gasteiger partial charge is 0.465 e. The number of carbonyl (C=O) groups is 3. The minimum absolute atomic E-state index is 0.0379. The van der Waals surface area contributed by atoms with Crippen LogP contribution in [-0.2, 0) is 27.1 Å². The lowest BCUT2D eigenvalue weighted by atomic mass is 9.88. The van der Waals surface area contributed by atoms with Crippen molar-refractivity contribution in [3.63, 3.8) is 0 Å². The molecule has 1 aromatic heterocycles. The molecule has 0 aliphatic heterocycles. The standard InChI is InChI=1S/C20H19ClN2O7S/c1-10-3-5-12-15(7-10)31-18(17(12)20(26)29-2)22-16(24)9-30-19(25)13-8-11(23(27)28)4-6-14(13)21/h4,6,8,10H,3,5,7,9H2,1-2H3,(H,22,24). The molecule has 1 N–H and O–H groups in total. The van der Waals surface area contributed by atoms with Gasteiger partial charge in [0.1, 0.15) is 5.00 Å². The summed E-state index contributed by atoms with van der Waals surface area (Å²) in [6.07, 6.45) is 2.45. The summed E-state index contributed by atoms with van der Waals surface area (Å²) in [5.41, 5.74) is 0.655. The van der Waals surface area contributed by atoms with Gasteiger partial charge in [-0.1, -0.05) is 18.5 Å². The number of methoxy groups -OCH3 is 1. The highest BCUT2D eigenvalue weighted by Crippen LogP contribution is 2.40. The molecular formula is C20H19ClN2O7S. The number of nitro groups is 1. The number of esters is 2. The Labute approximate surface area is 186 Å². The summed E-state index contributed by atoms with van der Waals surface area (Å²) >= 11 is 7.22. The third-order valence-corrected chi connectivity index (χ3v) is 6.37. The van der Waals surface area contributed by atoms with Gasteiger partial charge in [0, 0.05) is 17.0 Å². The zero-order valence-electron chi connectivity index (χ0n) is 16.7. The van der Waals surface area contributed by atoms with Gasteiger partial charge in [0.15, 0.2) is 6.61 Å². The van der Waals surface area contributed by atoms with Gasteiger partial charge in [-0.05, 0) is 36.8 Å². The number of anilines is 1. The first kappa shape index (κ1) is 22.7. The number of ether oxygens (including phenoxy) is 2. The van der Waals surface area contributed by atoms with Crippen molar-refractivity contribution in [3.05, 3.63) is 54.9 Å². The number of hydrogen-bond acceptors (Lipinski definition) is 8. The molecule has 2 aromatic rings. The zero-order valence-corrected chi connectivity index (χ0v) is 18.3. The fourth-order valence-electron chi connectivity index (χ4n) is 3.31. The van der Waals surface area contributed by atoms with Crippen molar-refractivity contribution >= 4 is 51.5 Å². The average molecular weight is 467 g/mol. The number of amides is 1. The van der Waals surface area contributed by atoms with Crippen LogP contribution < -0.4 is 5.32 Å². The molecule has 1 amide bonds. The first-order valence-electron chi connectivity index (χ1n) is 9.35. The highest BCUT2D eigenvalue weighted by molar-refractivity contribution is 7.17. The number of thiophene rings is 1. The highest BCUT2D eigenvalue weighted by Gasteiger charge is 2.29. The van der Waals surface area contributed by atoms with Crippen molar-refractivity contribution in [1.29, 1.82) is 0 Å². The molecule has 164 valence electrons. The third-order valence-electron chi connectivity index (χ3n) is 4.87. The van der Waals surface area contributed by atoms with E-state index >= 15 is 0 Å². The summed E-state index contributed by atoms with van der Waals surface area (Å²) < 4.78 is 9.82. The molecule has 0 spiro atoms. The summed E-state index contributed by atoms with van der Waals surface area (Å²) in [5, 5.41) is 13.8. The Bertz CT molecular complexity index is 1070. The zero-order chi connectivity index (χ0) is 22.7. The van der Waals surface area contributed by atoms with Crippen LogP contribution in [0, 0.1) is 16.0 Å². The van der Waals surface area contributed by atoms with E-state index in [2.05, 4.69) is 12.2 Å². The van der Waals surface area contributed by atoms with Crippen molar-refractivity contribution < 1.29 is 28.8 Å². The lowest BCUT2D eigenvalue weighted by Crippen LogP contribution is -2.22. The predicted molar refractivity (Wildman–Crippen MR) is 114 cm³/mol. The summed E-state index contributed by atoms with van der Waals surface area (Å²) in [6.45, 7) is 1.47. The van der Waals surface area contributed by atoms with Gasteiger partial charge in [-0.2, -0.15) is 0 Å². The minimum Gasteiger partial charge on any atom is -0.465 e. The maximum Gasteiger partial charge on any atom is 0.341 e. The normalized spacial score (nSPS) is 15.0. The first-order valence-corrected chi connectivity index (χ1v) is 10.5. The number of carbonyl (C=O) groups excluding carboxylic acids is 3. The second-order valence-corrected chi connectivity index (χ2v) is 8.61. The summed E-state index contributed by atoms with van der Waals surface area (Å²) in [5.74, 6) is -1.70. The van der Waals surface area contributed by atoms with Gasteiger partial charge in [-0.15, -0.1) is 11.3 Å². The summed E-state index contributed by atoms with van der Waals surface area (Å²) in [7, 11) is 1.27. The van der Waals surface area contributed by atoms with E-state index in [4.69, 9.17) is 21.1 Å². The molecule has 0 radical (unpaired) electrons. The Morgan fingerprint density at radius 3 is 2.74 bits per heavy atom. The van der Waals surface area contributed by atoms with Crippen LogP contribution in [0.3, 0.4) is 0 Å². The van der Waals surface area contributed by atoms with E-state index in [1.807, 2.05) is 0 Å². The van der Waals surface area contributed by atoms with Crippen molar-refractivity contribution in [2.24, 2.45) is 5.92 Å². The van der Waals surface area contributed by atoms with Crippen LogP contribution >= 0.6 is 22.9 Å².